The van der Waals surface area contributed by atoms with Crippen LogP contribution in [0.5, 0.6) is 5.75 Å². The number of aromatic carboxylic acids is 1. The molecule has 0 amide bonds. The Labute approximate surface area is 175 Å². The highest BCUT2D eigenvalue weighted by Gasteiger charge is 2.05. The standard InChI is InChI=1S/C24H24O6/c1-17(2)24(28)30-16-4-3-15-29-21-12-5-18(6-13-21)7-14-22(25)19-8-10-20(11-9-19)23(26)27/h5-14H,1,3-4,15-16H2,2H3,(H,26,27)/b14-7+. The van der Waals surface area contributed by atoms with Crippen molar-refractivity contribution in [3.8, 4) is 5.75 Å². The second-order valence-electron chi connectivity index (χ2n) is 6.62. The van der Waals surface area contributed by atoms with Gasteiger partial charge < -0.3 is 14.6 Å². The molecule has 0 heterocycles. The van der Waals surface area contributed by atoms with Crippen LogP contribution in [-0.4, -0.2) is 36.0 Å². The van der Waals surface area contributed by atoms with Crippen LogP contribution in [0.25, 0.3) is 6.08 Å². The number of hydrogen-bond acceptors (Lipinski definition) is 5. The molecule has 0 unspecified atom stereocenters. The number of allylic oxidation sites excluding steroid dienone is 1. The molecule has 0 radical (unpaired) electrons. The molecule has 0 saturated heterocycles. The number of ether oxygens (including phenoxy) is 2. The molecule has 6 heteroatoms. The average Bonchev–Trinajstić information content (AvgIpc) is 2.75. The minimum absolute atomic E-state index is 0.138. The number of rotatable bonds is 11. The molecule has 0 saturated carbocycles. The van der Waals surface area contributed by atoms with Crippen molar-refractivity contribution in [1.82, 2.24) is 0 Å². The molecule has 2 aromatic rings. The van der Waals surface area contributed by atoms with E-state index in [1.807, 2.05) is 24.3 Å². The minimum atomic E-state index is -1.03. The van der Waals surface area contributed by atoms with Crippen molar-refractivity contribution < 1.29 is 29.0 Å². The summed E-state index contributed by atoms with van der Waals surface area (Å²) in [6.45, 7) is 5.98. The molecule has 2 rings (SSSR count). The lowest BCUT2D eigenvalue weighted by Crippen LogP contribution is -2.07. The molecule has 0 atom stereocenters. The van der Waals surface area contributed by atoms with Crippen molar-refractivity contribution in [3.63, 3.8) is 0 Å². The van der Waals surface area contributed by atoms with Gasteiger partial charge in [0.25, 0.3) is 0 Å². The molecule has 2 aromatic carbocycles. The van der Waals surface area contributed by atoms with Gasteiger partial charge in [0.15, 0.2) is 5.78 Å². The quantitative estimate of drug-likeness (QED) is 0.254. The third-order valence-corrected chi connectivity index (χ3v) is 4.11. The molecular weight excluding hydrogens is 384 g/mol. The number of hydrogen-bond donors (Lipinski definition) is 1. The summed E-state index contributed by atoms with van der Waals surface area (Å²) in [4.78, 5) is 34.3. The molecule has 0 bridgehead atoms. The Balaban J connectivity index is 1.75. The average molecular weight is 408 g/mol. The molecular formula is C24H24O6. The van der Waals surface area contributed by atoms with Crippen molar-refractivity contribution in [2.75, 3.05) is 13.2 Å². The monoisotopic (exact) mass is 408 g/mol. The SMILES string of the molecule is C=C(C)C(=O)OCCCCOc1ccc(/C=C/C(=O)c2ccc(C(=O)O)cc2)cc1. The Morgan fingerprint density at radius 2 is 1.53 bits per heavy atom. The maximum atomic E-state index is 12.2. The van der Waals surface area contributed by atoms with Crippen molar-refractivity contribution in [1.29, 1.82) is 0 Å². The molecule has 0 aromatic heterocycles. The summed E-state index contributed by atoms with van der Waals surface area (Å²) >= 11 is 0. The van der Waals surface area contributed by atoms with Gasteiger partial charge in [0.05, 0.1) is 18.8 Å². The molecule has 0 aliphatic carbocycles. The van der Waals surface area contributed by atoms with Gasteiger partial charge in [0, 0.05) is 11.1 Å². The highest BCUT2D eigenvalue weighted by molar-refractivity contribution is 6.07. The Kier molecular flexibility index (Phi) is 8.56. The summed E-state index contributed by atoms with van der Waals surface area (Å²) in [6, 6.07) is 13.1. The molecule has 1 N–H and O–H groups in total. The van der Waals surface area contributed by atoms with Gasteiger partial charge in [-0.15, -0.1) is 0 Å². The lowest BCUT2D eigenvalue weighted by molar-refractivity contribution is -0.139. The summed E-state index contributed by atoms with van der Waals surface area (Å²) in [7, 11) is 0. The Hall–Kier alpha value is -3.67. The zero-order valence-corrected chi connectivity index (χ0v) is 16.8. The zero-order chi connectivity index (χ0) is 21.9. The summed E-state index contributed by atoms with van der Waals surface area (Å²) < 4.78 is 10.7. The fourth-order valence-electron chi connectivity index (χ4n) is 2.40. The Morgan fingerprint density at radius 1 is 0.933 bits per heavy atom. The predicted molar refractivity (Wildman–Crippen MR) is 114 cm³/mol. The smallest absolute Gasteiger partial charge is 0.335 e. The number of benzene rings is 2. The van der Waals surface area contributed by atoms with Crippen molar-refractivity contribution in [3.05, 3.63) is 83.4 Å². The molecule has 156 valence electrons. The molecule has 0 spiro atoms. The number of unbranched alkanes of at least 4 members (excludes halogenated alkanes) is 1. The van der Waals surface area contributed by atoms with E-state index >= 15 is 0 Å². The second kappa shape index (κ2) is 11.4. The van der Waals surface area contributed by atoms with E-state index in [4.69, 9.17) is 14.6 Å². The Morgan fingerprint density at radius 3 is 2.13 bits per heavy atom. The van der Waals surface area contributed by atoms with Gasteiger partial charge in [0.2, 0.25) is 0 Å². The first kappa shape index (κ1) is 22.6. The lowest BCUT2D eigenvalue weighted by Gasteiger charge is -2.07. The highest BCUT2D eigenvalue weighted by Crippen LogP contribution is 2.14. The first-order valence-electron chi connectivity index (χ1n) is 9.48. The van der Waals surface area contributed by atoms with Crippen LogP contribution in [-0.2, 0) is 9.53 Å². The minimum Gasteiger partial charge on any atom is -0.494 e. The van der Waals surface area contributed by atoms with E-state index in [1.165, 1.54) is 30.3 Å². The third kappa shape index (κ3) is 7.39. The predicted octanol–water partition coefficient (Wildman–Crippen LogP) is 4.56. The fourth-order valence-corrected chi connectivity index (χ4v) is 2.40. The van der Waals surface area contributed by atoms with Crippen molar-refractivity contribution >= 4 is 23.8 Å². The van der Waals surface area contributed by atoms with E-state index in [1.54, 1.807) is 13.0 Å². The first-order valence-corrected chi connectivity index (χ1v) is 9.48. The summed E-state index contributed by atoms with van der Waals surface area (Å²) in [6.07, 6.45) is 4.58. The van der Waals surface area contributed by atoms with Crippen LogP contribution < -0.4 is 4.74 Å². The van der Waals surface area contributed by atoms with E-state index in [2.05, 4.69) is 6.58 Å². The number of esters is 1. The van der Waals surface area contributed by atoms with E-state index in [9.17, 15) is 14.4 Å². The number of carbonyl (C=O) groups is 3. The topological polar surface area (TPSA) is 89.9 Å². The summed E-state index contributed by atoms with van der Waals surface area (Å²) in [5, 5.41) is 8.89. The number of carbonyl (C=O) groups excluding carboxylic acids is 2. The largest absolute Gasteiger partial charge is 0.494 e. The molecule has 30 heavy (non-hydrogen) atoms. The summed E-state index contributed by atoms with van der Waals surface area (Å²) in [5.41, 5.74) is 1.78. The van der Waals surface area contributed by atoms with Gasteiger partial charge in [0.1, 0.15) is 5.75 Å². The van der Waals surface area contributed by atoms with Crippen LogP contribution in [0.2, 0.25) is 0 Å². The van der Waals surface area contributed by atoms with Gasteiger partial charge in [-0.05, 0) is 55.7 Å². The van der Waals surface area contributed by atoms with Crippen LogP contribution in [0.4, 0.5) is 0 Å². The maximum Gasteiger partial charge on any atom is 0.335 e. The van der Waals surface area contributed by atoms with Gasteiger partial charge >= 0.3 is 11.9 Å². The molecule has 6 nitrogen and oxygen atoms in total. The van der Waals surface area contributed by atoms with E-state index in [-0.39, 0.29) is 17.3 Å². The van der Waals surface area contributed by atoms with Crippen LogP contribution in [0.1, 0.15) is 46.0 Å². The van der Waals surface area contributed by atoms with Crippen LogP contribution in [0.15, 0.2) is 66.8 Å². The van der Waals surface area contributed by atoms with Crippen LogP contribution >= 0.6 is 0 Å². The van der Waals surface area contributed by atoms with Crippen LogP contribution in [0, 0.1) is 0 Å². The maximum absolute atomic E-state index is 12.2. The van der Waals surface area contributed by atoms with Gasteiger partial charge in [-0.2, -0.15) is 0 Å². The lowest BCUT2D eigenvalue weighted by atomic mass is 10.1. The van der Waals surface area contributed by atoms with Crippen LogP contribution in [0.3, 0.4) is 0 Å². The zero-order valence-electron chi connectivity index (χ0n) is 16.8. The third-order valence-electron chi connectivity index (χ3n) is 4.11. The van der Waals surface area contributed by atoms with E-state index in [0.29, 0.717) is 36.5 Å². The van der Waals surface area contributed by atoms with Gasteiger partial charge in [-0.3, -0.25) is 4.79 Å². The highest BCUT2D eigenvalue weighted by atomic mass is 16.5. The van der Waals surface area contributed by atoms with E-state index < -0.39 is 5.97 Å². The number of carboxylic acid groups (broad SMARTS) is 1. The van der Waals surface area contributed by atoms with Crippen molar-refractivity contribution in [2.45, 2.75) is 19.8 Å². The van der Waals surface area contributed by atoms with Crippen molar-refractivity contribution in [2.24, 2.45) is 0 Å². The number of carboxylic acids is 1. The summed E-state index contributed by atoms with van der Waals surface area (Å²) in [5.74, 6) is -0.908. The van der Waals surface area contributed by atoms with E-state index in [0.717, 1.165) is 12.0 Å². The molecule has 0 fully saturated rings. The number of ketones is 1. The normalized spacial score (nSPS) is 10.6. The van der Waals surface area contributed by atoms with Gasteiger partial charge in [-0.25, -0.2) is 9.59 Å². The van der Waals surface area contributed by atoms with Gasteiger partial charge in [-0.1, -0.05) is 36.9 Å². The fraction of sp³-hybridized carbons (Fsp3) is 0.208. The first-order chi connectivity index (χ1) is 14.4. The molecule has 0 aliphatic heterocycles. The Bertz CT molecular complexity index is 923. The molecule has 0 aliphatic rings. The second-order valence-corrected chi connectivity index (χ2v) is 6.62.